The Morgan fingerprint density at radius 1 is 1.18 bits per heavy atom. The van der Waals surface area contributed by atoms with Crippen LogP contribution in [0.4, 0.5) is 10.5 Å². The maximum Gasteiger partial charge on any atom is 0.411 e. The second-order valence-electron chi connectivity index (χ2n) is 9.50. The lowest BCUT2D eigenvalue weighted by atomic mass is 9.85. The molecule has 2 aromatic carbocycles. The summed E-state index contributed by atoms with van der Waals surface area (Å²) in [7, 11) is 1.47. The van der Waals surface area contributed by atoms with E-state index in [1.807, 2.05) is 12.1 Å². The molecule has 2 N–H and O–H groups in total. The third-order valence-electron chi connectivity index (χ3n) is 7.13. The highest BCUT2D eigenvalue weighted by molar-refractivity contribution is 6.32. The van der Waals surface area contributed by atoms with Gasteiger partial charge in [-0.2, -0.15) is 9.41 Å². The summed E-state index contributed by atoms with van der Waals surface area (Å²) < 4.78 is 2.44. The number of aryl methyl sites for hydroxylation is 1. The number of H-pyrrole nitrogens is 1. The zero-order valence-electron chi connectivity index (χ0n) is 21.1. The number of anilines is 1. The molecule has 1 aliphatic carbocycles. The minimum absolute atomic E-state index is 0.278. The Morgan fingerprint density at radius 3 is 2.70 bits per heavy atom. The van der Waals surface area contributed by atoms with E-state index in [-0.39, 0.29) is 11.1 Å². The monoisotopic (exact) mass is 576 g/mol. The smallest absolute Gasteiger partial charge is 0.411 e. The SMILES string of the molecule is CN(C(=O)O)c1ccc(-c2[nH]c(C3CCCc4cc(-c5cc(Cl)ccc5-n5cnnn5)c[n+]([O-])c43)nc2Cl)cc1. The molecule has 11 nitrogen and oxygen atoms in total. The molecule has 0 saturated carbocycles. The molecular formula is C27H22Cl2N8O3. The lowest BCUT2D eigenvalue weighted by Crippen LogP contribution is -2.37. The Labute approximate surface area is 238 Å². The summed E-state index contributed by atoms with van der Waals surface area (Å²) in [4.78, 5) is 20.3. The number of tetrazole rings is 1. The van der Waals surface area contributed by atoms with Crippen LogP contribution in [0.2, 0.25) is 10.2 Å². The molecule has 40 heavy (non-hydrogen) atoms. The summed E-state index contributed by atoms with van der Waals surface area (Å²) in [6.45, 7) is 0. The van der Waals surface area contributed by atoms with Gasteiger partial charge in [0.15, 0.2) is 11.3 Å². The molecule has 0 radical (unpaired) electrons. The zero-order chi connectivity index (χ0) is 28.0. The lowest BCUT2D eigenvalue weighted by Gasteiger charge is -2.23. The standard InChI is InChI=1S/C27H22Cl2N8O3/c1-35(27(38)39)19-8-5-15(6-9-19)23-25(29)32-26(31-23)20-4-2-3-16-11-17(13-37(40)24(16)20)21-12-18(28)7-10-22(21)36-14-30-33-34-36/h5-14,20H,2-4H2,1H3,(H,31,32)(H,38,39). The molecule has 202 valence electrons. The number of halogens is 2. The number of carboxylic acid groups (broad SMARTS) is 1. The normalized spacial score (nSPS) is 14.6. The fourth-order valence-electron chi connectivity index (χ4n) is 5.16. The molecule has 6 rings (SSSR count). The van der Waals surface area contributed by atoms with Crippen molar-refractivity contribution < 1.29 is 14.6 Å². The Bertz CT molecular complexity index is 1720. The van der Waals surface area contributed by atoms with Gasteiger partial charge in [-0.3, -0.25) is 4.90 Å². The molecule has 3 aromatic heterocycles. The molecule has 3 heterocycles. The van der Waals surface area contributed by atoms with Gasteiger partial charge >= 0.3 is 6.09 Å². The van der Waals surface area contributed by atoms with Crippen molar-refractivity contribution in [3.63, 3.8) is 0 Å². The number of nitrogens with zero attached hydrogens (tertiary/aromatic N) is 7. The molecule has 0 fully saturated rings. The lowest BCUT2D eigenvalue weighted by molar-refractivity contribution is -0.615. The van der Waals surface area contributed by atoms with Crippen molar-refractivity contribution in [3.05, 3.63) is 93.5 Å². The third-order valence-corrected chi connectivity index (χ3v) is 7.63. The second-order valence-corrected chi connectivity index (χ2v) is 10.3. The van der Waals surface area contributed by atoms with E-state index in [4.69, 9.17) is 23.2 Å². The Hall–Kier alpha value is -4.48. The number of nitrogens with one attached hydrogen (secondary N) is 1. The van der Waals surface area contributed by atoms with Gasteiger partial charge in [0.2, 0.25) is 5.69 Å². The molecular weight excluding hydrogens is 555 g/mol. The summed E-state index contributed by atoms with van der Waals surface area (Å²) in [6, 6.07) is 14.3. The van der Waals surface area contributed by atoms with E-state index in [9.17, 15) is 15.1 Å². The molecule has 0 aliphatic heterocycles. The number of imidazole rings is 1. The van der Waals surface area contributed by atoms with E-state index in [2.05, 4.69) is 25.5 Å². The minimum atomic E-state index is -1.05. The molecule has 0 saturated heterocycles. The summed E-state index contributed by atoms with van der Waals surface area (Å²) in [5.74, 6) is 0.319. The highest BCUT2D eigenvalue weighted by atomic mass is 35.5. The first-order chi connectivity index (χ1) is 19.3. The van der Waals surface area contributed by atoms with Crippen LogP contribution < -0.4 is 9.63 Å². The first-order valence-corrected chi connectivity index (χ1v) is 13.2. The van der Waals surface area contributed by atoms with Gasteiger partial charge in [-0.15, -0.1) is 5.10 Å². The molecule has 1 unspecified atom stereocenters. The Morgan fingerprint density at radius 2 is 1.98 bits per heavy atom. The Balaban J connectivity index is 1.36. The number of amides is 1. The first-order valence-electron chi connectivity index (χ1n) is 12.4. The van der Waals surface area contributed by atoms with Crippen LogP contribution in [0.25, 0.3) is 28.1 Å². The summed E-state index contributed by atoms with van der Waals surface area (Å²) in [5.41, 5.74) is 5.56. The van der Waals surface area contributed by atoms with Crippen LogP contribution in [0.1, 0.15) is 35.8 Å². The van der Waals surface area contributed by atoms with Gasteiger partial charge < -0.3 is 15.3 Å². The van der Waals surface area contributed by atoms with Crippen LogP contribution in [0.3, 0.4) is 0 Å². The van der Waals surface area contributed by atoms with E-state index >= 15 is 0 Å². The number of aromatic amines is 1. The number of fused-ring (bicyclic) bond motifs is 1. The van der Waals surface area contributed by atoms with Crippen LogP contribution >= 0.6 is 23.2 Å². The number of pyridine rings is 1. The maximum atomic E-state index is 13.6. The van der Waals surface area contributed by atoms with Gasteiger partial charge in [-0.05, 0) is 66.1 Å². The van der Waals surface area contributed by atoms with Crippen LogP contribution in [-0.2, 0) is 6.42 Å². The number of carbonyl (C=O) groups is 1. The van der Waals surface area contributed by atoms with E-state index in [0.717, 1.165) is 45.6 Å². The number of hydrogen-bond acceptors (Lipinski definition) is 6. The van der Waals surface area contributed by atoms with Gasteiger partial charge in [0.05, 0.1) is 11.4 Å². The zero-order valence-corrected chi connectivity index (χ0v) is 22.6. The molecule has 0 spiro atoms. The number of aromatic nitrogens is 7. The number of hydrogen-bond donors (Lipinski definition) is 2. The first kappa shape index (κ1) is 25.8. The largest absolute Gasteiger partial charge is 0.618 e. The second kappa shape index (κ2) is 10.2. The number of benzene rings is 2. The average molecular weight is 577 g/mol. The topological polar surface area (TPSA) is 140 Å². The molecule has 1 atom stereocenters. The highest BCUT2D eigenvalue weighted by Gasteiger charge is 2.33. The van der Waals surface area contributed by atoms with Crippen LogP contribution in [0, 0.1) is 5.21 Å². The van der Waals surface area contributed by atoms with E-state index in [0.29, 0.717) is 39.2 Å². The minimum Gasteiger partial charge on any atom is -0.618 e. The summed E-state index contributed by atoms with van der Waals surface area (Å²) in [5, 5.41) is 35.0. The molecule has 1 amide bonds. The van der Waals surface area contributed by atoms with Gasteiger partial charge in [-0.1, -0.05) is 35.3 Å². The van der Waals surface area contributed by atoms with Crippen molar-refractivity contribution in [2.45, 2.75) is 25.2 Å². The van der Waals surface area contributed by atoms with Gasteiger partial charge in [0, 0.05) is 40.0 Å². The van der Waals surface area contributed by atoms with Crippen molar-refractivity contribution in [2.24, 2.45) is 0 Å². The van der Waals surface area contributed by atoms with E-state index < -0.39 is 6.09 Å². The predicted molar refractivity (Wildman–Crippen MR) is 149 cm³/mol. The average Bonchev–Trinajstić information content (AvgIpc) is 3.62. The van der Waals surface area contributed by atoms with Gasteiger partial charge in [0.25, 0.3) is 0 Å². The van der Waals surface area contributed by atoms with Gasteiger partial charge in [0.1, 0.15) is 18.1 Å². The highest BCUT2D eigenvalue weighted by Crippen LogP contribution is 2.38. The van der Waals surface area contributed by atoms with E-state index in [1.54, 1.807) is 42.6 Å². The number of rotatable bonds is 5. The van der Waals surface area contributed by atoms with Crippen molar-refractivity contribution >= 4 is 35.0 Å². The van der Waals surface area contributed by atoms with Crippen LogP contribution in [0.5, 0.6) is 0 Å². The van der Waals surface area contributed by atoms with Crippen molar-refractivity contribution in [1.29, 1.82) is 0 Å². The van der Waals surface area contributed by atoms with Crippen LogP contribution in [0.15, 0.2) is 61.1 Å². The quantitative estimate of drug-likeness (QED) is 0.215. The van der Waals surface area contributed by atoms with Crippen molar-refractivity contribution in [2.75, 3.05) is 11.9 Å². The summed E-state index contributed by atoms with van der Waals surface area (Å²) >= 11 is 12.9. The fraction of sp³-hybridized carbons (Fsp3) is 0.185. The predicted octanol–water partition coefficient (Wildman–Crippen LogP) is 5.24. The van der Waals surface area contributed by atoms with Crippen LogP contribution in [-0.4, -0.2) is 48.4 Å². The molecule has 0 bridgehead atoms. The maximum absolute atomic E-state index is 13.6. The molecule has 5 aromatic rings. The summed E-state index contributed by atoms with van der Waals surface area (Å²) in [6.07, 6.45) is 4.31. The third kappa shape index (κ3) is 4.63. The van der Waals surface area contributed by atoms with E-state index in [1.165, 1.54) is 18.1 Å². The van der Waals surface area contributed by atoms with Crippen molar-refractivity contribution in [1.82, 2.24) is 30.2 Å². The molecule has 13 heteroatoms. The Kier molecular flexibility index (Phi) is 6.60. The fourth-order valence-corrected chi connectivity index (χ4v) is 5.58. The molecule has 1 aliphatic rings. The van der Waals surface area contributed by atoms with Gasteiger partial charge in [-0.25, -0.2) is 9.78 Å². The van der Waals surface area contributed by atoms with Crippen molar-refractivity contribution in [3.8, 4) is 28.1 Å².